The van der Waals surface area contributed by atoms with Crippen LogP contribution in [0.15, 0.2) is 54.7 Å². The van der Waals surface area contributed by atoms with Gasteiger partial charge in [-0.2, -0.15) is 0 Å². The highest BCUT2D eigenvalue weighted by Gasteiger charge is 2.13. The summed E-state index contributed by atoms with van der Waals surface area (Å²) < 4.78 is 5.41. The highest BCUT2D eigenvalue weighted by Crippen LogP contribution is 2.20. The largest absolute Gasteiger partial charge is 0.378 e. The molecular weight excluding hydrogens is 350 g/mol. The van der Waals surface area contributed by atoms with Gasteiger partial charge in [-0.15, -0.1) is 0 Å². The molecule has 1 aliphatic heterocycles. The minimum absolute atomic E-state index is 0.169. The van der Waals surface area contributed by atoms with Crippen LogP contribution in [0.4, 0.5) is 5.69 Å². The number of nitrogens with zero attached hydrogens (tertiary/aromatic N) is 2. The van der Waals surface area contributed by atoms with Crippen LogP contribution in [0, 0.1) is 0 Å². The molecule has 0 aliphatic carbocycles. The van der Waals surface area contributed by atoms with Crippen LogP contribution in [-0.2, 0) is 22.5 Å². The number of fused-ring (bicyclic) bond motifs is 1. The Hall–Kier alpha value is -2.79. The molecule has 28 heavy (non-hydrogen) atoms. The number of aryl methyl sites for hydroxylation is 1. The topological polar surface area (TPSA) is 48.6 Å². The number of ether oxygens (including phenoxy) is 1. The summed E-state index contributed by atoms with van der Waals surface area (Å²) >= 11 is 0. The fourth-order valence-corrected chi connectivity index (χ4v) is 3.77. The lowest BCUT2D eigenvalue weighted by atomic mass is 10.1. The monoisotopic (exact) mass is 377 g/mol. The smallest absolute Gasteiger partial charge is 0.222 e. The molecular formula is C23H27N3O2. The summed E-state index contributed by atoms with van der Waals surface area (Å²) in [5, 5.41) is 1.21. The van der Waals surface area contributed by atoms with Gasteiger partial charge in [0.05, 0.1) is 13.2 Å². The first kappa shape index (κ1) is 18.6. The van der Waals surface area contributed by atoms with Gasteiger partial charge in [-0.3, -0.25) is 4.79 Å². The zero-order chi connectivity index (χ0) is 19.3. The molecule has 1 amide bonds. The molecule has 5 heteroatoms. The maximum Gasteiger partial charge on any atom is 0.222 e. The average molecular weight is 377 g/mol. The summed E-state index contributed by atoms with van der Waals surface area (Å²) in [5.41, 5.74) is 4.70. The zero-order valence-electron chi connectivity index (χ0n) is 16.4. The van der Waals surface area contributed by atoms with E-state index in [-0.39, 0.29) is 5.91 Å². The van der Waals surface area contributed by atoms with Crippen LogP contribution in [0.2, 0.25) is 0 Å². The molecule has 2 aromatic carbocycles. The Morgan fingerprint density at radius 3 is 2.64 bits per heavy atom. The standard InChI is InChI=1S/C23H27N3O2/c1-25(17-18-6-9-20(10-7-18)26-12-14-28-15-13-26)23(27)11-8-19-16-24-22-5-3-2-4-21(19)22/h2-7,9-10,16,24H,8,11-15,17H2,1H3. The third-order valence-electron chi connectivity index (χ3n) is 5.44. The number of rotatable bonds is 6. The molecule has 1 saturated heterocycles. The number of H-pyrrole nitrogens is 1. The van der Waals surface area contributed by atoms with Crippen LogP contribution in [0.25, 0.3) is 10.9 Å². The predicted molar refractivity (Wildman–Crippen MR) is 113 cm³/mol. The number of anilines is 1. The van der Waals surface area contributed by atoms with E-state index in [0.29, 0.717) is 13.0 Å². The van der Waals surface area contributed by atoms with Gasteiger partial charge in [0.15, 0.2) is 0 Å². The molecule has 0 saturated carbocycles. The van der Waals surface area contributed by atoms with E-state index in [0.717, 1.165) is 43.8 Å². The van der Waals surface area contributed by atoms with Gasteiger partial charge < -0.3 is 19.5 Å². The van der Waals surface area contributed by atoms with Gasteiger partial charge >= 0.3 is 0 Å². The molecule has 1 fully saturated rings. The summed E-state index contributed by atoms with van der Waals surface area (Å²) in [7, 11) is 1.88. The number of morpholine rings is 1. The second-order valence-corrected chi connectivity index (χ2v) is 7.38. The van der Waals surface area contributed by atoms with Gasteiger partial charge in [-0.25, -0.2) is 0 Å². The SMILES string of the molecule is CN(Cc1ccc(N2CCOCC2)cc1)C(=O)CCc1c[nH]c2ccccc12. The molecule has 1 N–H and O–H groups in total. The van der Waals surface area contributed by atoms with E-state index in [1.165, 1.54) is 16.6 Å². The van der Waals surface area contributed by atoms with Gasteiger partial charge in [0.2, 0.25) is 5.91 Å². The van der Waals surface area contributed by atoms with Crippen molar-refractivity contribution in [3.05, 3.63) is 65.9 Å². The number of nitrogens with one attached hydrogen (secondary N) is 1. The Labute approximate surface area is 165 Å². The molecule has 146 valence electrons. The molecule has 0 unspecified atom stereocenters. The Bertz CT molecular complexity index is 926. The molecule has 1 aliphatic rings. The van der Waals surface area contributed by atoms with Crippen LogP contribution < -0.4 is 4.90 Å². The highest BCUT2D eigenvalue weighted by molar-refractivity contribution is 5.84. The van der Waals surface area contributed by atoms with Gasteiger partial charge in [0.1, 0.15) is 0 Å². The zero-order valence-corrected chi connectivity index (χ0v) is 16.4. The lowest BCUT2D eigenvalue weighted by Crippen LogP contribution is -2.36. The van der Waals surface area contributed by atoms with Crippen molar-refractivity contribution in [2.24, 2.45) is 0 Å². The molecule has 2 heterocycles. The van der Waals surface area contributed by atoms with Gasteiger partial charge in [0, 0.05) is 55.9 Å². The molecule has 4 rings (SSSR count). The quantitative estimate of drug-likeness (QED) is 0.714. The molecule has 3 aromatic rings. The Kier molecular flexibility index (Phi) is 5.63. The maximum atomic E-state index is 12.6. The molecule has 0 spiro atoms. The first-order valence-corrected chi connectivity index (χ1v) is 9.91. The number of benzene rings is 2. The molecule has 1 aromatic heterocycles. The van der Waals surface area contributed by atoms with E-state index < -0.39 is 0 Å². The first-order chi connectivity index (χ1) is 13.7. The predicted octanol–water partition coefficient (Wildman–Crippen LogP) is 3.60. The number of amides is 1. The molecule has 5 nitrogen and oxygen atoms in total. The second-order valence-electron chi connectivity index (χ2n) is 7.38. The van der Waals surface area contributed by atoms with Crippen molar-refractivity contribution in [3.8, 4) is 0 Å². The van der Waals surface area contributed by atoms with Crippen molar-refractivity contribution in [1.82, 2.24) is 9.88 Å². The number of hydrogen-bond acceptors (Lipinski definition) is 3. The lowest BCUT2D eigenvalue weighted by Gasteiger charge is -2.29. The third-order valence-corrected chi connectivity index (χ3v) is 5.44. The minimum Gasteiger partial charge on any atom is -0.378 e. The van der Waals surface area contributed by atoms with Crippen molar-refractivity contribution in [3.63, 3.8) is 0 Å². The normalized spacial score (nSPS) is 14.4. The lowest BCUT2D eigenvalue weighted by molar-refractivity contribution is -0.130. The van der Waals surface area contributed by atoms with Crippen molar-refractivity contribution >= 4 is 22.5 Å². The number of aromatic nitrogens is 1. The summed E-state index contributed by atoms with van der Waals surface area (Å²) in [4.78, 5) is 20.0. The van der Waals surface area contributed by atoms with E-state index in [4.69, 9.17) is 4.74 Å². The average Bonchev–Trinajstić information content (AvgIpc) is 3.16. The van der Waals surface area contributed by atoms with Crippen molar-refractivity contribution < 1.29 is 9.53 Å². The van der Waals surface area contributed by atoms with E-state index in [9.17, 15) is 4.79 Å². The van der Waals surface area contributed by atoms with Crippen LogP contribution >= 0.6 is 0 Å². The maximum absolute atomic E-state index is 12.6. The second kappa shape index (κ2) is 8.48. The Morgan fingerprint density at radius 1 is 1.11 bits per heavy atom. The summed E-state index contributed by atoms with van der Waals surface area (Å²) in [6.45, 7) is 4.08. The van der Waals surface area contributed by atoms with Crippen LogP contribution in [0.1, 0.15) is 17.5 Å². The third kappa shape index (κ3) is 4.20. The van der Waals surface area contributed by atoms with E-state index in [2.05, 4.69) is 46.3 Å². The van der Waals surface area contributed by atoms with Crippen LogP contribution in [0.5, 0.6) is 0 Å². The molecule has 0 bridgehead atoms. The van der Waals surface area contributed by atoms with Crippen molar-refractivity contribution in [2.45, 2.75) is 19.4 Å². The number of aromatic amines is 1. The van der Waals surface area contributed by atoms with E-state index >= 15 is 0 Å². The van der Waals surface area contributed by atoms with Crippen LogP contribution in [0.3, 0.4) is 0 Å². The van der Waals surface area contributed by atoms with Crippen LogP contribution in [-0.4, -0.2) is 49.1 Å². The fraction of sp³-hybridized carbons (Fsp3) is 0.348. The Balaban J connectivity index is 1.31. The summed E-state index contributed by atoms with van der Waals surface area (Å²) in [5.74, 6) is 0.169. The fourth-order valence-electron chi connectivity index (χ4n) is 3.77. The van der Waals surface area contributed by atoms with Gasteiger partial charge in [-0.1, -0.05) is 30.3 Å². The Morgan fingerprint density at radius 2 is 1.86 bits per heavy atom. The highest BCUT2D eigenvalue weighted by atomic mass is 16.5. The van der Waals surface area contributed by atoms with Crippen molar-refractivity contribution in [2.75, 3.05) is 38.3 Å². The van der Waals surface area contributed by atoms with Gasteiger partial charge in [0.25, 0.3) is 0 Å². The number of carbonyl (C=O) groups is 1. The van der Waals surface area contributed by atoms with E-state index in [1.54, 1.807) is 0 Å². The van der Waals surface area contributed by atoms with Gasteiger partial charge in [-0.05, 0) is 35.7 Å². The number of hydrogen-bond donors (Lipinski definition) is 1. The summed E-state index contributed by atoms with van der Waals surface area (Å²) in [6.07, 6.45) is 3.29. The van der Waals surface area contributed by atoms with E-state index in [1.807, 2.05) is 30.3 Å². The summed E-state index contributed by atoms with van der Waals surface area (Å²) in [6, 6.07) is 16.7. The number of para-hydroxylation sites is 1. The first-order valence-electron chi connectivity index (χ1n) is 9.91. The minimum atomic E-state index is 0.169. The number of carbonyl (C=O) groups excluding carboxylic acids is 1. The van der Waals surface area contributed by atoms with Crippen molar-refractivity contribution in [1.29, 1.82) is 0 Å². The molecule has 0 atom stereocenters. The molecule has 0 radical (unpaired) electrons.